The summed E-state index contributed by atoms with van der Waals surface area (Å²) in [6.45, 7) is 1.59. The maximum Gasteiger partial charge on any atom is 0.291 e. The third kappa shape index (κ3) is 3.01. The standard InChI is InChI=1S/C9H8BrFN4O2S2/c1-4-2-6(11)5(10)3-7(4)15-19(16,17)9-14-13-8(12)18-9/h2-3,15H,1H3,(H2,12,13). The van der Waals surface area contributed by atoms with Crippen molar-refractivity contribution in [3.05, 3.63) is 28.0 Å². The average molecular weight is 367 g/mol. The summed E-state index contributed by atoms with van der Waals surface area (Å²) in [5.41, 5.74) is 6.04. The lowest BCUT2D eigenvalue weighted by Crippen LogP contribution is -2.13. The summed E-state index contributed by atoms with van der Waals surface area (Å²) in [4.78, 5) is 0. The fourth-order valence-corrected chi connectivity index (χ4v) is 3.52. The molecule has 10 heteroatoms. The van der Waals surface area contributed by atoms with Crippen LogP contribution in [0.25, 0.3) is 0 Å². The van der Waals surface area contributed by atoms with Gasteiger partial charge in [0, 0.05) is 0 Å². The Balaban J connectivity index is 2.38. The predicted octanol–water partition coefficient (Wildman–Crippen LogP) is 2.13. The molecule has 1 aromatic carbocycles. The molecule has 0 radical (unpaired) electrons. The third-order valence-electron chi connectivity index (χ3n) is 2.16. The van der Waals surface area contributed by atoms with Crippen LogP contribution < -0.4 is 10.5 Å². The van der Waals surface area contributed by atoms with E-state index in [1.807, 2.05) is 0 Å². The van der Waals surface area contributed by atoms with Crippen LogP contribution in [0.4, 0.5) is 15.2 Å². The minimum atomic E-state index is -3.87. The van der Waals surface area contributed by atoms with Gasteiger partial charge in [-0.2, -0.15) is 8.42 Å². The van der Waals surface area contributed by atoms with E-state index in [4.69, 9.17) is 5.73 Å². The van der Waals surface area contributed by atoms with Gasteiger partial charge in [-0.25, -0.2) is 4.39 Å². The second-order valence-corrected chi connectivity index (χ2v) is 7.31. The molecule has 0 aliphatic heterocycles. The van der Waals surface area contributed by atoms with E-state index in [0.29, 0.717) is 5.56 Å². The maximum absolute atomic E-state index is 13.3. The molecule has 0 spiro atoms. The molecule has 1 aromatic heterocycles. The molecular formula is C9H8BrFN4O2S2. The Kier molecular flexibility index (Phi) is 3.74. The van der Waals surface area contributed by atoms with Gasteiger partial charge in [0.25, 0.3) is 14.4 Å². The van der Waals surface area contributed by atoms with E-state index in [0.717, 1.165) is 11.3 Å². The number of aryl methyl sites for hydroxylation is 1. The predicted molar refractivity (Wildman–Crippen MR) is 74.0 cm³/mol. The Morgan fingerprint density at radius 3 is 2.68 bits per heavy atom. The van der Waals surface area contributed by atoms with Gasteiger partial charge in [0.15, 0.2) is 0 Å². The van der Waals surface area contributed by atoms with Crippen molar-refractivity contribution in [2.75, 3.05) is 10.5 Å². The molecule has 102 valence electrons. The fourth-order valence-electron chi connectivity index (χ4n) is 1.27. The highest BCUT2D eigenvalue weighted by Gasteiger charge is 2.21. The van der Waals surface area contributed by atoms with Crippen LogP contribution in [0.15, 0.2) is 20.9 Å². The fraction of sp³-hybridized carbons (Fsp3) is 0.111. The number of nitrogens with one attached hydrogen (secondary N) is 1. The molecule has 3 N–H and O–H groups in total. The van der Waals surface area contributed by atoms with E-state index in [1.165, 1.54) is 12.1 Å². The van der Waals surface area contributed by atoms with Gasteiger partial charge < -0.3 is 5.73 Å². The summed E-state index contributed by atoms with van der Waals surface area (Å²) in [6.07, 6.45) is 0. The molecule has 2 rings (SSSR count). The van der Waals surface area contributed by atoms with Crippen LogP contribution in [0, 0.1) is 12.7 Å². The van der Waals surface area contributed by atoms with Gasteiger partial charge in [0.1, 0.15) is 5.82 Å². The van der Waals surface area contributed by atoms with Crippen LogP contribution in [0.1, 0.15) is 5.56 Å². The second kappa shape index (κ2) is 5.02. The lowest BCUT2D eigenvalue weighted by molar-refractivity contribution is 0.599. The van der Waals surface area contributed by atoms with E-state index in [2.05, 4.69) is 30.8 Å². The van der Waals surface area contributed by atoms with Crippen molar-refractivity contribution in [3.8, 4) is 0 Å². The van der Waals surface area contributed by atoms with E-state index < -0.39 is 15.8 Å². The number of hydrogen-bond donors (Lipinski definition) is 2. The first kappa shape index (κ1) is 14.2. The van der Waals surface area contributed by atoms with Crippen molar-refractivity contribution >= 4 is 48.1 Å². The monoisotopic (exact) mass is 366 g/mol. The second-order valence-electron chi connectivity index (χ2n) is 3.59. The van der Waals surface area contributed by atoms with E-state index in [1.54, 1.807) is 6.92 Å². The zero-order valence-corrected chi connectivity index (χ0v) is 12.7. The number of aromatic nitrogens is 2. The van der Waals surface area contributed by atoms with Gasteiger partial charge in [-0.05, 0) is 40.5 Å². The molecule has 19 heavy (non-hydrogen) atoms. The van der Waals surface area contributed by atoms with Crippen molar-refractivity contribution in [2.45, 2.75) is 11.3 Å². The molecule has 0 aliphatic carbocycles. The Morgan fingerprint density at radius 1 is 1.42 bits per heavy atom. The zero-order chi connectivity index (χ0) is 14.2. The SMILES string of the molecule is Cc1cc(F)c(Br)cc1NS(=O)(=O)c1nnc(N)s1. The van der Waals surface area contributed by atoms with Gasteiger partial charge in [-0.3, -0.25) is 4.72 Å². The lowest BCUT2D eigenvalue weighted by atomic mass is 10.2. The zero-order valence-electron chi connectivity index (χ0n) is 9.52. The minimum Gasteiger partial charge on any atom is -0.374 e. The number of hydrogen-bond acceptors (Lipinski definition) is 6. The summed E-state index contributed by atoms with van der Waals surface area (Å²) in [7, 11) is -3.87. The van der Waals surface area contributed by atoms with Crippen LogP contribution in [0.2, 0.25) is 0 Å². The topological polar surface area (TPSA) is 98.0 Å². The lowest BCUT2D eigenvalue weighted by Gasteiger charge is -2.09. The highest BCUT2D eigenvalue weighted by Crippen LogP contribution is 2.27. The Labute approximate surface area is 121 Å². The molecule has 0 aliphatic rings. The largest absolute Gasteiger partial charge is 0.374 e. The van der Waals surface area contributed by atoms with E-state index in [-0.39, 0.29) is 19.6 Å². The van der Waals surface area contributed by atoms with Crippen LogP contribution >= 0.6 is 27.3 Å². The number of halogens is 2. The average Bonchev–Trinajstić information content (AvgIpc) is 2.73. The molecule has 2 aromatic rings. The first-order valence-corrected chi connectivity index (χ1v) is 7.96. The number of sulfonamides is 1. The van der Waals surface area contributed by atoms with E-state index >= 15 is 0 Å². The van der Waals surface area contributed by atoms with Crippen molar-refractivity contribution in [1.29, 1.82) is 0 Å². The van der Waals surface area contributed by atoms with Crippen molar-refractivity contribution < 1.29 is 12.8 Å². The molecule has 0 atom stereocenters. The number of anilines is 2. The van der Waals surface area contributed by atoms with Gasteiger partial charge >= 0.3 is 0 Å². The van der Waals surface area contributed by atoms with Gasteiger partial charge in [0.05, 0.1) is 10.2 Å². The van der Waals surface area contributed by atoms with Gasteiger partial charge in [-0.15, -0.1) is 10.2 Å². The van der Waals surface area contributed by atoms with Crippen molar-refractivity contribution in [2.24, 2.45) is 0 Å². The summed E-state index contributed by atoms with van der Waals surface area (Å²) >= 11 is 3.74. The van der Waals surface area contributed by atoms with Crippen LogP contribution in [0.3, 0.4) is 0 Å². The molecular weight excluding hydrogens is 359 g/mol. The molecule has 0 saturated heterocycles. The van der Waals surface area contributed by atoms with Crippen LogP contribution in [0.5, 0.6) is 0 Å². The number of nitrogens with zero attached hydrogens (tertiary/aromatic N) is 2. The van der Waals surface area contributed by atoms with Crippen molar-refractivity contribution in [1.82, 2.24) is 10.2 Å². The Morgan fingerprint density at radius 2 is 2.11 bits per heavy atom. The summed E-state index contributed by atoms with van der Waals surface area (Å²) in [5.74, 6) is -0.472. The normalized spacial score (nSPS) is 11.5. The quantitative estimate of drug-likeness (QED) is 0.866. The third-order valence-corrected chi connectivity index (χ3v) is 5.26. The van der Waals surface area contributed by atoms with Crippen LogP contribution in [-0.2, 0) is 10.0 Å². The number of benzene rings is 1. The molecule has 6 nitrogen and oxygen atoms in total. The summed E-state index contributed by atoms with van der Waals surface area (Å²) in [5, 5.41) is 6.95. The number of nitrogens with two attached hydrogens (primary N) is 1. The van der Waals surface area contributed by atoms with Crippen LogP contribution in [-0.4, -0.2) is 18.6 Å². The van der Waals surface area contributed by atoms with Gasteiger partial charge in [-0.1, -0.05) is 11.3 Å². The molecule has 0 saturated carbocycles. The molecule has 0 unspecified atom stereocenters. The Hall–Kier alpha value is -1.26. The smallest absolute Gasteiger partial charge is 0.291 e. The first-order chi connectivity index (χ1) is 8.79. The van der Waals surface area contributed by atoms with Crippen molar-refractivity contribution in [3.63, 3.8) is 0 Å². The molecule has 0 fully saturated rings. The molecule has 1 heterocycles. The maximum atomic E-state index is 13.3. The molecule has 0 bridgehead atoms. The van der Waals surface area contributed by atoms with Gasteiger partial charge in [0.2, 0.25) is 5.13 Å². The highest BCUT2D eigenvalue weighted by molar-refractivity contribution is 9.10. The summed E-state index contributed by atoms with van der Waals surface area (Å²) in [6, 6.07) is 2.56. The summed E-state index contributed by atoms with van der Waals surface area (Å²) < 4.78 is 39.5. The molecule has 0 amide bonds. The Bertz CT molecular complexity index is 732. The minimum absolute atomic E-state index is 0.0531. The first-order valence-electron chi connectivity index (χ1n) is 4.87. The number of nitrogen functional groups attached to an aromatic ring is 1. The number of rotatable bonds is 3. The highest BCUT2D eigenvalue weighted by atomic mass is 79.9. The van der Waals surface area contributed by atoms with E-state index in [9.17, 15) is 12.8 Å².